The van der Waals surface area contributed by atoms with Gasteiger partial charge in [0.1, 0.15) is 13.1 Å². The molecule has 2 fully saturated rings. The summed E-state index contributed by atoms with van der Waals surface area (Å²) in [6, 6.07) is 19.8. The van der Waals surface area contributed by atoms with E-state index in [2.05, 4.69) is 88.4 Å². The molecule has 152 valence electrons. The van der Waals surface area contributed by atoms with Crippen LogP contribution < -0.4 is 4.90 Å². The molecule has 0 radical (unpaired) electrons. The first-order valence-corrected chi connectivity index (χ1v) is 11.1. The maximum Gasteiger partial charge on any atom is 0.199 e. The third-order valence-corrected chi connectivity index (χ3v) is 6.22. The van der Waals surface area contributed by atoms with E-state index >= 15 is 0 Å². The Labute approximate surface area is 179 Å². The van der Waals surface area contributed by atoms with E-state index in [1.807, 2.05) is 0 Å². The summed E-state index contributed by atoms with van der Waals surface area (Å²) in [7, 11) is 0. The van der Waals surface area contributed by atoms with Gasteiger partial charge in [0.05, 0.1) is 13.2 Å². The van der Waals surface area contributed by atoms with Gasteiger partial charge in [0.15, 0.2) is 5.71 Å². The Morgan fingerprint density at radius 2 is 1.37 bits per heavy atom. The summed E-state index contributed by atoms with van der Waals surface area (Å²) in [5, 5.41) is 0. The molecule has 3 nitrogen and oxygen atoms in total. The Bertz CT molecular complexity index is 981. The zero-order chi connectivity index (χ0) is 20.2. The SMILES string of the molecule is C1=CC(=[N+]2CCCC2)C=CC1=C(c1ccccc1)c1ccc(N2CCOCC2)cc1. The highest BCUT2D eigenvalue weighted by Crippen LogP contribution is 2.31. The van der Waals surface area contributed by atoms with E-state index < -0.39 is 0 Å². The van der Waals surface area contributed by atoms with Crippen LogP contribution >= 0.6 is 0 Å². The van der Waals surface area contributed by atoms with E-state index in [4.69, 9.17) is 4.74 Å². The minimum atomic E-state index is 0.812. The maximum atomic E-state index is 5.50. The van der Waals surface area contributed by atoms with Gasteiger partial charge in [-0.15, -0.1) is 0 Å². The van der Waals surface area contributed by atoms with Gasteiger partial charge in [0, 0.05) is 43.8 Å². The number of hydrogen-bond acceptors (Lipinski definition) is 2. The number of hydrogen-bond donors (Lipinski definition) is 0. The summed E-state index contributed by atoms with van der Waals surface area (Å²) in [5.74, 6) is 0. The van der Waals surface area contributed by atoms with Crippen LogP contribution in [0.2, 0.25) is 0 Å². The van der Waals surface area contributed by atoms with Gasteiger partial charge in [0.2, 0.25) is 0 Å². The van der Waals surface area contributed by atoms with E-state index in [1.54, 1.807) is 0 Å². The molecule has 3 heteroatoms. The second kappa shape index (κ2) is 8.85. The van der Waals surface area contributed by atoms with Crippen molar-refractivity contribution in [3.63, 3.8) is 0 Å². The van der Waals surface area contributed by atoms with E-state index in [-0.39, 0.29) is 0 Å². The largest absolute Gasteiger partial charge is 0.378 e. The van der Waals surface area contributed by atoms with Crippen LogP contribution in [-0.4, -0.2) is 49.7 Å². The van der Waals surface area contributed by atoms with Gasteiger partial charge in [-0.25, -0.2) is 4.58 Å². The van der Waals surface area contributed by atoms with Crippen LogP contribution in [0.25, 0.3) is 5.57 Å². The topological polar surface area (TPSA) is 15.5 Å². The fraction of sp³-hybridized carbons (Fsp3) is 0.296. The van der Waals surface area contributed by atoms with Crippen LogP contribution in [0.3, 0.4) is 0 Å². The number of benzene rings is 2. The molecule has 1 aliphatic carbocycles. The van der Waals surface area contributed by atoms with Gasteiger partial charge >= 0.3 is 0 Å². The summed E-state index contributed by atoms with van der Waals surface area (Å²) in [6.45, 7) is 5.91. The van der Waals surface area contributed by atoms with Gasteiger partial charge in [-0.3, -0.25) is 0 Å². The standard InChI is InChI=1S/C27H29N2O/c1-2-6-22(7-3-1)27(23-8-12-25(13-9-23)28-16-4-5-17-28)24-10-14-26(15-11-24)29-18-20-30-21-19-29/h1-3,6-15H,4-5,16-21H2/q+1. The van der Waals surface area contributed by atoms with Crippen molar-refractivity contribution >= 4 is 17.0 Å². The summed E-state index contributed by atoms with van der Waals surface area (Å²) >= 11 is 0. The van der Waals surface area contributed by atoms with Crippen LogP contribution in [0.5, 0.6) is 0 Å². The van der Waals surface area contributed by atoms with Crippen molar-refractivity contribution in [3.8, 4) is 0 Å². The zero-order valence-electron chi connectivity index (χ0n) is 17.5. The highest BCUT2D eigenvalue weighted by atomic mass is 16.5. The Hall–Kier alpha value is -2.91. The number of rotatable bonds is 3. The molecule has 0 amide bonds. The third kappa shape index (κ3) is 4.03. The lowest BCUT2D eigenvalue weighted by Crippen LogP contribution is -2.36. The highest BCUT2D eigenvalue weighted by molar-refractivity contribution is 6.04. The fourth-order valence-electron chi connectivity index (χ4n) is 4.58. The molecule has 0 unspecified atom stereocenters. The molecule has 0 spiro atoms. The highest BCUT2D eigenvalue weighted by Gasteiger charge is 2.19. The molecule has 0 aromatic heterocycles. The maximum absolute atomic E-state index is 5.50. The number of nitrogens with zero attached hydrogens (tertiary/aromatic N) is 2. The zero-order valence-corrected chi connectivity index (χ0v) is 17.5. The lowest BCUT2D eigenvalue weighted by Gasteiger charge is -2.29. The van der Waals surface area contributed by atoms with Gasteiger partial charge in [-0.2, -0.15) is 0 Å². The first kappa shape index (κ1) is 19.1. The number of anilines is 1. The summed E-state index contributed by atoms with van der Waals surface area (Å²) in [6.07, 6.45) is 11.7. The molecule has 3 aliphatic rings. The van der Waals surface area contributed by atoms with Crippen LogP contribution in [-0.2, 0) is 4.74 Å². The second-order valence-electron chi connectivity index (χ2n) is 8.13. The van der Waals surface area contributed by atoms with Crippen molar-refractivity contribution in [2.24, 2.45) is 0 Å². The molecule has 2 aliphatic heterocycles. The predicted octanol–water partition coefficient (Wildman–Crippen LogP) is 4.70. The minimum absolute atomic E-state index is 0.812. The molecule has 0 atom stereocenters. The molecule has 2 aromatic carbocycles. The Kier molecular flexibility index (Phi) is 5.62. The molecule has 2 aromatic rings. The monoisotopic (exact) mass is 397 g/mol. The summed E-state index contributed by atoms with van der Waals surface area (Å²) < 4.78 is 7.99. The van der Waals surface area contributed by atoms with Gasteiger partial charge < -0.3 is 9.64 Å². The van der Waals surface area contributed by atoms with E-state index in [0.29, 0.717) is 0 Å². The average Bonchev–Trinajstić information content (AvgIpc) is 3.37. The molecule has 0 saturated carbocycles. The smallest absolute Gasteiger partial charge is 0.199 e. The summed E-state index contributed by atoms with van der Waals surface area (Å²) in [4.78, 5) is 2.40. The van der Waals surface area contributed by atoms with Crippen LogP contribution in [0.4, 0.5) is 5.69 Å². The summed E-state index contributed by atoms with van der Waals surface area (Å²) in [5.41, 5.74) is 7.68. The van der Waals surface area contributed by atoms with Gasteiger partial charge in [0.25, 0.3) is 0 Å². The lowest BCUT2D eigenvalue weighted by molar-refractivity contribution is -0.504. The van der Waals surface area contributed by atoms with Crippen molar-refractivity contribution in [2.45, 2.75) is 12.8 Å². The lowest BCUT2D eigenvalue weighted by atomic mass is 9.90. The molecule has 2 saturated heterocycles. The quantitative estimate of drug-likeness (QED) is 0.698. The number of allylic oxidation sites excluding steroid dienone is 5. The minimum Gasteiger partial charge on any atom is -0.378 e. The van der Waals surface area contributed by atoms with E-state index in [9.17, 15) is 0 Å². The van der Waals surface area contributed by atoms with Crippen LogP contribution in [0, 0.1) is 0 Å². The molecule has 0 N–H and O–H groups in total. The van der Waals surface area contributed by atoms with Crippen molar-refractivity contribution in [1.82, 2.24) is 0 Å². The molecular weight excluding hydrogens is 368 g/mol. The predicted molar refractivity (Wildman–Crippen MR) is 124 cm³/mol. The molecular formula is C27H29N2O+. The van der Waals surface area contributed by atoms with E-state index in [0.717, 1.165) is 26.3 Å². The van der Waals surface area contributed by atoms with Gasteiger partial charge in [-0.1, -0.05) is 42.5 Å². The van der Waals surface area contributed by atoms with Crippen molar-refractivity contribution in [1.29, 1.82) is 0 Å². The van der Waals surface area contributed by atoms with E-state index in [1.165, 1.54) is 59.6 Å². The van der Waals surface area contributed by atoms with Gasteiger partial charge in [-0.05, 0) is 46.6 Å². The van der Waals surface area contributed by atoms with Crippen molar-refractivity contribution in [3.05, 3.63) is 95.6 Å². The fourth-order valence-corrected chi connectivity index (χ4v) is 4.58. The molecule has 5 rings (SSSR count). The molecule has 2 heterocycles. The van der Waals surface area contributed by atoms with Crippen molar-refractivity contribution < 1.29 is 9.31 Å². The Balaban J connectivity index is 1.51. The first-order chi connectivity index (χ1) is 14.9. The Morgan fingerprint density at radius 3 is 2.03 bits per heavy atom. The molecule has 0 bridgehead atoms. The van der Waals surface area contributed by atoms with Crippen molar-refractivity contribution in [2.75, 3.05) is 44.3 Å². The third-order valence-electron chi connectivity index (χ3n) is 6.22. The second-order valence-corrected chi connectivity index (χ2v) is 8.13. The van der Waals surface area contributed by atoms with Crippen LogP contribution in [0.15, 0.2) is 84.5 Å². The average molecular weight is 398 g/mol. The Morgan fingerprint density at radius 1 is 0.733 bits per heavy atom. The van der Waals surface area contributed by atoms with Crippen LogP contribution in [0.1, 0.15) is 24.0 Å². The molecule has 30 heavy (non-hydrogen) atoms. The number of morpholine rings is 1. The normalized spacial score (nSPS) is 18.9. The number of ether oxygens (including phenoxy) is 1. The first-order valence-electron chi connectivity index (χ1n) is 11.1.